The van der Waals surface area contributed by atoms with Gasteiger partial charge < -0.3 is 30.3 Å². The number of nitrogens with one attached hydrogen (secondary N) is 1. The zero-order valence-corrected chi connectivity index (χ0v) is 30.1. The van der Waals surface area contributed by atoms with Crippen LogP contribution in [0.2, 0.25) is 0 Å². The summed E-state index contributed by atoms with van der Waals surface area (Å²) in [6, 6.07) is 16.4. The predicted octanol–water partition coefficient (Wildman–Crippen LogP) is 3.98. The number of pyridine rings is 2. The van der Waals surface area contributed by atoms with Crippen molar-refractivity contribution in [3.63, 3.8) is 0 Å². The Bertz CT molecular complexity index is 1730. The highest BCUT2D eigenvalue weighted by Crippen LogP contribution is 2.29. The van der Waals surface area contributed by atoms with E-state index in [1.54, 1.807) is 52.0 Å². The lowest BCUT2D eigenvalue weighted by molar-refractivity contribution is 0.0515. The van der Waals surface area contributed by atoms with Gasteiger partial charge in [-0.3, -0.25) is 4.79 Å². The molecule has 3 N–H and O–H groups in total. The van der Waals surface area contributed by atoms with E-state index in [9.17, 15) is 24.9 Å². The van der Waals surface area contributed by atoms with Crippen LogP contribution in [0.5, 0.6) is 0 Å². The van der Waals surface area contributed by atoms with Gasteiger partial charge in [0, 0.05) is 50.1 Å². The molecule has 2 aliphatic rings. The molecule has 0 unspecified atom stereocenters. The molecule has 5 rings (SSSR count). The van der Waals surface area contributed by atoms with Crippen LogP contribution in [0.3, 0.4) is 0 Å². The monoisotopic (exact) mass is 724 g/mol. The number of carbonyl (C=O) groups is 3. The van der Waals surface area contributed by atoms with Crippen LogP contribution in [0.15, 0.2) is 42.5 Å². The van der Waals surface area contributed by atoms with Gasteiger partial charge in [0.2, 0.25) is 0 Å². The Labute approximate surface area is 304 Å². The van der Waals surface area contributed by atoms with Crippen molar-refractivity contribution in [3.05, 3.63) is 81.7 Å². The number of halogens is 2. The van der Waals surface area contributed by atoms with Crippen molar-refractivity contribution in [3.8, 4) is 12.1 Å². The van der Waals surface area contributed by atoms with Gasteiger partial charge in [-0.1, -0.05) is 18.2 Å². The van der Waals surface area contributed by atoms with Gasteiger partial charge in [0.15, 0.2) is 0 Å². The summed E-state index contributed by atoms with van der Waals surface area (Å²) in [5.41, 5.74) is 8.76. The topological polar surface area (TPSA) is 188 Å². The molecule has 2 fully saturated rings. The molecule has 2 saturated heterocycles. The summed E-state index contributed by atoms with van der Waals surface area (Å²) in [6.07, 6.45) is 0. The number of aryl methyl sites for hydroxylation is 2. The second-order valence-corrected chi connectivity index (χ2v) is 11.5. The fourth-order valence-corrected chi connectivity index (χ4v) is 5.36. The van der Waals surface area contributed by atoms with Gasteiger partial charge in [0.1, 0.15) is 23.8 Å². The summed E-state index contributed by atoms with van der Waals surface area (Å²) in [5, 5.41) is 21.6. The van der Waals surface area contributed by atoms with Crippen molar-refractivity contribution in [2.45, 2.75) is 27.7 Å². The normalized spacial score (nSPS) is 13.3. The van der Waals surface area contributed by atoms with Crippen molar-refractivity contribution in [2.24, 2.45) is 17.6 Å². The molecule has 0 saturated carbocycles. The zero-order chi connectivity index (χ0) is 34.8. The van der Waals surface area contributed by atoms with E-state index in [1.807, 2.05) is 28.0 Å². The number of hydrogen-bond donors (Lipinski definition) is 2. The number of hydrogen-bond acceptors (Lipinski definition) is 12. The van der Waals surface area contributed by atoms with Gasteiger partial charge in [0.05, 0.1) is 46.9 Å². The van der Waals surface area contributed by atoms with E-state index in [4.69, 9.17) is 15.2 Å². The number of anilines is 2. The lowest BCUT2D eigenvalue weighted by Crippen LogP contribution is -2.52. The number of amides is 1. The Morgan fingerprint density at radius 3 is 1.66 bits per heavy atom. The van der Waals surface area contributed by atoms with E-state index in [0.717, 1.165) is 13.1 Å². The second kappa shape index (κ2) is 19.3. The minimum atomic E-state index is -0.472. The number of nitrogens with zero attached hydrogens (tertiary/aromatic N) is 6. The minimum absolute atomic E-state index is 0. The SMILES string of the molecule is CCOC(=O)c1cc(C#N)c(N2CC(CN)C2)nc1C.CCOC(=O)c1cc(C#N)c(N2CC(CNC(=O)c3ccccc3)C2)nc1C.Cl.Cl. The fourth-order valence-electron chi connectivity index (χ4n) is 5.36. The average Bonchev–Trinajstić information content (AvgIpc) is 3.04. The molecule has 0 radical (unpaired) electrons. The average molecular weight is 726 g/mol. The molecule has 0 bridgehead atoms. The van der Waals surface area contributed by atoms with E-state index < -0.39 is 11.9 Å². The van der Waals surface area contributed by atoms with Crippen LogP contribution in [0.1, 0.15) is 67.4 Å². The molecule has 0 atom stereocenters. The first-order valence-electron chi connectivity index (χ1n) is 15.8. The van der Waals surface area contributed by atoms with Gasteiger partial charge in [-0.05, 0) is 58.5 Å². The molecule has 1 aromatic carbocycles. The van der Waals surface area contributed by atoms with Crippen LogP contribution in [0.25, 0.3) is 0 Å². The van der Waals surface area contributed by atoms with Crippen LogP contribution in [-0.4, -0.2) is 80.3 Å². The van der Waals surface area contributed by atoms with Crippen molar-refractivity contribution in [2.75, 3.05) is 62.3 Å². The first-order chi connectivity index (χ1) is 23.1. The number of esters is 2. The van der Waals surface area contributed by atoms with E-state index in [2.05, 4.69) is 27.4 Å². The maximum Gasteiger partial charge on any atom is 0.340 e. The first-order valence-corrected chi connectivity index (χ1v) is 15.8. The lowest BCUT2D eigenvalue weighted by atomic mass is 9.98. The zero-order valence-electron chi connectivity index (χ0n) is 28.5. The molecule has 2 aromatic heterocycles. The molecule has 4 heterocycles. The molecule has 50 heavy (non-hydrogen) atoms. The molecule has 1 amide bonds. The van der Waals surface area contributed by atoms with Crippen molar-refractivity contribution in [1.29, 1.82) is 10.5 Å². The molecular weight excluding hydrogens is 683 g/mol. The molecule has 15 heteroatoms. The number of nitriles is 2. The highest BCUT2D eigenvalue weighted by atomic mass is 35.5. The highest BCUT2D eigenvalue weighted by Gasteiger charge is 2.31. The van der Waals surface area contributed by atoms with Gasteiger partial charge in [-0.15, -0.1) is 24.8 Å². The Morgan fingerprint density at radius 2 is 1.26 bits per heavy atom. The quantitative estimate of drug-likeness (QED) is 0.287. The summed E-state index contributed by atoms with van der Waals surface area (Å²) >= 11 is 0. The summed E-state index contributed by atoms with van der Waals surface area (Å²) in [4.78, 5) is 48.8. The van der Waals surface area contributed by atoms with Gasteiger partial charge in [-0.2, -0.15) is 10.5 Å². The molecule has 3 aromatic rings. The van der Waals surface area contributed by atoms with Crippen LogP contribution >= 0.6 is 24.8 Å². The largest absolute Gasteiger partial charge is 0.462 e. The van der Waals surface area contributed by atoms with Crippen molar-refractivity contribution < 1.29 is 23.9 Å². The smallest absolute Gasteiger partial charge is 0.340 e. The van der Waals surface area contributed by atoms with E-state index in [-0.39, 0.29) is 43.2 Å². The summed E-state index contributed by atoms with van der Waals surface area (Å²) < 4.78 is 9.98. The maximum absolute atomic E-state index is 12.1. The van der Waals surface area contributed by atoms with E-state index >= 15 is 0 Å². The second-order valence-electron chi connectivity index (χ2n) is 11.5. The molecule has 2 aliphatic heterocycles. The van der Waals surface area contributed by atoms with E-state index in [0.29, 0.717) is 89.5 Å². The summed E-state index contributed by atoms with van der Waals surface area (Å²) in [7, 11) is 0. The third-order valence-electron chi connectivity index (χ3n) is 8.05. The molecule has 266 valence electrons. The Kier molecular flexibility index (Phi) is 15.9. The molecule has 0 spiro atoms. The number of benzene rings is 1. The maximum atomic E-state index is 12.1. The number of ether oxygens (including phenoxy) is 2. The van der Waals surface area contributed by atoms with Crippen LogP contribution in [0, 0.1) is 48.3 Å². The first kappa shape index (κ1) is 41.2. The van der Waals surface area contributed by atoms with Gasteiger partial charge in [0.25, 0.3) is 5.91 Å². The van der Waals surface area contributed by atoms with Crippen LogP contribution in [0.4, 0.5) is 11.6 Å². The number of aromatic nitrogens is 2. The van der Waals surface area contributed by atoms with Gasteiger partial charge >= 0.3 is 11.9 Å². The standard InChI is InChI=1S/C21H22N4O3.C14H18N4O2.2ClH/c1-3-28-21(27)18-9-17(10-22)19(24-14(18)2)25-12-15(13-25)11-23-20(26)16-7-5-4-6-8-16;1-3-20-14(19)12-4-11(6-16)13(17-9(12)2)18-7-10(5-15)8-18;;/h4-9,15H,3,11-13H2,1-2H3,(H,23,26);4,10H,3,5,7-8,15H2,1-2H3;2*1H. The third kappa shape index (κ3) is 9.82. The number of nitrogens with two attached hydrogens (primary N) is 1. The van der Waals surface area contributed by atoms with Crippen molar-refractivity contribution >= 4 is 54.3 Å². The summed E-state index contributed by atoms with van der Waals surface area (Å²) in [5.74, 6) is 0.926. The number of carbonyl (C=O) groups excluding carboxylic acids is 3. The van der Waals surface area contributed by atoms with Crippen molar-refractivity contribution in [1.82, 2.24) is 15.3 Å². The van der Waals surface area contributed by atoms with E-state index in [1.165, 1.54) is 0 Å². The Morgan fingerprint density at radius 1 is 0.820 bits per heavy atom. The number of rotatable bonds is 10. The molecule has 0 aliphatic carbocycles. The predicted molar refractivity (Wildman–Crippen MR) is 193 cm³/mol. The highest BCUT2D eigenvalue weighted by molar-refractivity contribution is 5.94. The van der Waals surface area contributed by atoms with Crippen LogP contribution in [-0.2, 0) is 9.47 Å². The Balaban J connectivity index is 0.000000351. The molecule has 13 nitrogen and oxygen atoms in total. The molecular formula is C35H42Cl2N8O5. The fraction of sp³-hybridized carbons (Fsp3) is 0.400. The third-order valence-corrected chi connectivity index (χ3v) is 8.05. The van der Waals surface area contributed by atoms with Crippen LogP contribution < -0.4 is 20.9 Å². The Hall–Kier alpha value is -4.95. The summed E-state index contributed by atoms with van der Waals surface area (Å²) in [6.45, 7) is 11.7. The minimum Gasteiger partial charge on any atom is -0.462 e. The van der Waals surface area contributed by atoms with Gasteiger partial charge in [-0.25, -0.2) is 19.6 Å². The lowest BCUT2D eigenvalue weighted by Gasteiger charge is -2.40.